The fraction of sp³-hybridized carbons (Fsp3) is 0.533. The lowest BCUT2D eigenvalue weighted by molar-refractivity contribution is 0.0275. The third-order valence-corrected chi connectivity index (χ3v) is 2.95. The van der Waals surface area contributed by atoms with Gasteiger partial charge in [0.2, 0.25) is 5.88 Å². The molecule has 1 aromatic heterocycles. The summed E-state index contributed by atoms with van der Waals surface area (Å²) in [6, 6.07) is 5.25. The maximum absolute atomic E-state index is 11.9. The minimum atomic E-state index is -0.501. The fourth-order valence-electron chi connectivity index (χ4n) is 2.03. The predicted molar refractivity (Wildman–Crippen MR) is 75.8 cm³/mol. The topological polar surface area (TPSA) is 75.4 Å². The minimum Gasteiger partial charge on any atom is -0.472 e. The van der Waals surface area contributed by atoms with Crippen molar-refractivity contribution in [2.45, 2.75) is 38.9 Å². The molecule has 1 amide bonds. The third-order valence-electron chi connectivity index (χ3n) is 2.95. The van der Waals surface area contributed by atoms with E-state index in [-0.39, 0.29) is 12.2 Å². The third kappa shape index (κ3) is 4.35. The van der Waals surface area contributed by atoms with Gasteiger partial charge in [0.05, 0.1) is 18.2 Å². The van der Waals surface area contributed by atoms with Gasteiger partial charge in [0.25, 0.3) is 0 Å². The number of carbonyl (C=O) groups is 1. The molecule has 0 radical (unpaired) electrons. The Bertz CT molecular complexity index is 560. The second-order valence-electron chi connectivity index (χ2n) is 5.95. The number of amides is 1. The number of nitriles is 1. The van der Waals surface area contributed by atoms with Gasteiger partial charge in [0, 0.05) is 25.2 Å². The van der Waals surface area contributed by atoms with Crippen LogP contribution < -0.4 is 4.74 Å². The van der Waals surface area contributed by atoms with Crippen molar-refractivity contribution in [3.63, 3.8) is 0 Å². The molecule has 21 heavy (non-hydrogen) atoms. The molecule has 1 aromatic rings. The van der Waals surface area contributed by atoms with Gasteiger partial charge in [-0.05, 0) is 26.8 Å². The Morgan fingerprint density at radius 2 is 2.29 bits per heavy atom. The summed E-state index contributed by atoms with van der Waals surface area (Å²) in [6.07, 6.45) is 1.80. The van der Waals surface area contributed by atoms with Crippen molar-refractivity contribution >= 4 is 6.09 Å². The Balaban J connectivity index is 1.91. The molecular formula is C15H19N3O3. The van der Waals surface area contributed by atoms with Gasteiger partial charge in [0.15, 0.2) is 0 Å². The number of carbonyl (C=O) groups excluding carboxylic acids is 1. The van der Waals surface area contributed by atoms with E-state index in [1.54, 1.807) is 17.0 Å². The highest BCUT2D eigenvalue weighted by molar-refractivity contribution is 5.68. The van der Waals surface area contributed by atoms with Crippen LogP contribution in [-0.4, -0.2) is 40.8 Å². The van der Waals surface area contributed by atoms with E-state index in [9.17, 15) is 4.79 Å². The zero-order chi connectivity index (χ0) is 15.5. The van der Waals surface area contributed by atoms with Crippen LogP contribution in [0, 0.1) is 11.3 Å². The molecule has 0 bridgehead atoms. The Hall–Kier alpha value is -2.29. The lowest BCUT2D eigenvalue weighted by Crippen LogP contribution is -2.36. The van der Waals surface area contributed by atoms with Crippen molar-refractivity contribution in [2.24, 2.45) is 0 Å². The van der Waals surface area contributed by atoms with E-state index in [0.29, 0.717) is 24.5 Å². The molecular weight excluding hydrogens is 270 g/mol. The smallest absolute Gasteiger partial charge is 0.410 e. The molecule has 2 heterocycles. The first-order chi connectivity index (χ1) is 9.87. The Kier molecular flexibility index (Phi) is 4.32. The van der Waals surface area contributed by atoms with E-state index in [1.807, 2.05) is 26.8 Å². The van der Waals surface area contributed by atoms with E-state index in [1.165, 1.54) is 6.20 Å². The van der Waals surface area contributed by atoms with Gasteiger partial charge in [-0.15, -0.1) is 0 Å². The Labute approximate surface area is 124 Å². The van der Waals surface area contributed by atoms with Gasteiger partial charge in [0.1, 0.15) is 11.7 Å². The molecule has 112 valence electrons. The summed E-state index contributed by atoms with van der Waals surface area (Å²) < 4.78 is 11.0. The number of pyridine rings is 1. The summed E-state index contributed by atoms with van der Waals surface area (Å²) >= 11 is 0. The second-order valence-corrected chi connectivity index (χ2v) is 5.95. The van der Waals surface area contributed by atoms with Crippen LogP contribution in [-0.2, 0) is 4.74 Å². The minimum absolute atomic E-state index is 0.126. The molecule has 1 unspecified atom stereocenters. The van der Waals surface area contributed by atoms with E-state index in [2.05, 4.69) is 4.98 Å². The second kappa shape index (κ2) is 6.00. The van der Waals surface area contributed by atoms with Gasteiger partial charge in [-0.25, -0.2) is 9.78 Å². The van der Waals surface area contributed by atoms with Crippen LogP contribution in [0.3, 0.4) is 0 Å². The van der Waals surface area contributed by atoms with E-state index in [0.717, 1.165) is 6.42 Å². The lowest BCUT2D eigenvalue weighted by atomic mass is 10.2. The monoisotopic (exact) mass is 289 g/mol. The Morgan fingerprint density at radius 1 is 1.52 bits per heavy atom. The van der Waals surface area contributed by atoms with Crippen molar-refractivity contribution in [3.05, 3.63) is 23.9 Å². The number of ether oxygens (including phenoxy) is 2. The average molecular weight is 289 g/mol. The van der Waals surface area contributed by atoms with Crippen molar-refractivity contribution in [2.75, 3.05) is 13.1 Å². The number of rotatable bonds is 2. The molecule has 1 aliphatic heterocycles. The molecule has 2 rings (SSSR count). The van der Waals surface area contributed by atoms with Crippen LogP contribution in [0.25, 0.3) is 0 Å². The molecule has 1 aliphatic rings. The molecule has 0 N–H and O–H groups in total. The quantitative estimate of drug-likeness (QED) is 0.835. The van der Waals surface area contributed by atoms with Crippen LogP contribution in [0.4, 0.5) is 4.79 Å². The Morgan fingerprint density at radius 3 is 2.95 bits per heavy atom. The summed E-state index contributed by atoms with van der Waals surface area (Å²) in [6.45, 7) is 6.58. The first-order valence-electron chi connectivity index (χ1n) is 6.88. The van der Waals surface area contributed by atoms with Crippen molar-refractivity contribution in [3.8, 4) is 11.9 Å². The summed E-state index contributed by atoms with van der Waals surface area (Å²) in [7, 11) is 0. The van der Waals surface area contributed by atoms with Gasteiger partial charge >= 0.3 is 6.09 Å². The summed E-state index contributed by atoms with van der Waals surface area (Å²) in [5, 5.41) is 8.84. The van der Waals surface area contributed by atoms with Crippen LogP contribution >= 0.6 is 0 Å². The molecule has 1 saturated heterocycles. The summed E-state index contributed by atoms with van der Waals surface area (Å²) in [5.41, 5.74) is 0.000567. The molecule has 0 aromatic carbocycles. The number of aromatic nitrogens is 1. The lowest BCUT2D eigenvalue weighted by Gasteiger charge is -2.24. The van der Waals surface area contributed by atoms with Crippen molar-refractivity contribution in [1.29, 1.82) is 5.26 Å². The number of hydrogen-bond donors (Lipinski definition) is 0. The molecule has 0 aliphatic carbocycles. The highest BCUT2D eigenvalue weighted by Gasteiger charge is 2.31. The fourth-order valence-corrected chi connectivity index (χ4v) is 2.03. The molecule has 1 fully saturated rings. The first-order valence-corrected chi connectivity index (χ1v) is 6.88. The van der Waals surface area contributed by atoms with Gasteiger partial charge in [-0.1, -0.05) is 0 Å². The van der Waals surface area contributed by atoms with Crippen LogP contribution in [0.2, 0.25) is 0 Å². The SMILES string of the molecule is CC(C)(C)OC(=O)N1CCC(Oc2cc(C#N)ccn2)C1. The van der Waals surface area contributed by atoms with E-state index >= 15 is 0 Å². The zero-order valence-corrected chi connectivity index (χ0v) is 12.5. The number of likely N-dealkylation sites (tertiary alicyclic amines) is 1. The predicted octanol–water partition coefficient (Wildman–Crippen LogP) is 2.34. The van der Waals surface area contributed by atoms with Gasteiger partial charge < -0.3 is 14.4 Å². The average Bonchev–Trinajstić information content (AvgIpc) is 2.85. The van der Waals surface area contributed by atoms with Crippen molar-refractivity contribution < 1.29 is 14.3 Å². The van der Waals surface area contributed by atoms with Crippen molar-refractivity contribution in [1.82, 2.24) is 9.88 Å². The van der Waals surface area contributed by atoms with Crippen LogP contribution in [0.5, 0.6) is 5.88 Å². The molecule has 0 spiro atoms. The molecule has 0 saturated carbocycles. The maximum Gasteiger partial charge on any atom is 0.410 e. The largest absolute Gasteiger partial charge is 0.472 e. The van der Waals surface area contributed by atoms with Crippen LogP contribution in [0.1, 0.15) is 32.8 Å². The summed E-state index contributed by atoms with van der Waals surface area (Å²) in [5.74, 6) is 0.407. The van der Waals surface area contributed by atoms with E-state index < -0.39 is 5.60 Å². The van der Waals surface area contributed by atoms with Gasteiger partial charge in [-0.2, -0.15) is 5.26 Å². The maximum atomic E-state index is 11.9. The normalized spacial score (nSPS) is 18.2. The highest BCUT2D eigenvalue weighted by Crippen LogP contribution is 2.19. The molecule has 6 heteroatoms. The molecule has 6 nitrogen and oxygen atoms in total. The van der Waals surface area contributed by atoms with Crippen LogP contribution in [0.15, 0.2) is 18.3 Å². The highest BCUT2D eigenvalue weighted by atomic mass is 16.6. The number of hydrogen-bond acceptors (Lipinski definition) is 5. The van der Waals surface area contributed by atoms with E-state index in [4.69, 9.17) is 14.7 Å². The number of nitrogens with zero attached hydrogens (tertiary/aromatic N) is 3. The van der Waals surface area contributed by atoms with Gasteiger partial charge in [-0.3, -0.25) is 0 Å². The zero-order valence-electron chi connectivity index (χ0n) is 12.5. The standard InChI is InChI=1S/C15H19N3O3/c1-15(2,3)21-14(19)18-7-5-12(10-18)20-13-8-11(9-16)4-6-17-13/h4,6,8,12H,5,7,10H2,1-3H3. The first kappa shape index (κ1) is 15.1. The summed E-state index contributed by atoms with van der Waals surface area (Å²) in [4.78, 5) is 17.6. The molecule has 1 atom stereocenters.